The van der Waals surface area contributed by atoms with Crippen molar-refractivity contribution in [2.75, 3.05) is 13.2 Å². The normalized spacial score (nSPS) is 19.9. The number of hydrogen-bond acceptors (Lipinski definition) is 4. The highest BCUT2D eigenvalue weighted by atomic mass is 16.6. The summed E-state index contributed by atoms with van der Waals surface area (Å²) in [7, 11) is 0. The predicted octanol–water partition coefficient (Wildman–Crippen LogP) is 0.735. The van der Waals surface area contributed by atoms with Gasteiger partial charge in [0.2, 0.25) is 0 Å². The Bertz CT molecular complexity index is 421. The van der Waals surface area contributed by atoms with E-state index in [0.29, 0.717) is 6.54 Å². The second kappa shape index (κ2) is 4.82. The SMILES string of the molecule is O=C(O)C1COC(=O)N(Cc2ccncc2)C1. The molecule has 1 saturated heterocycles. The van der Waals surface area contributed by atoms with Gasteiger partial charge in [0, 0.05) is 25.5 Å². The molecule has 0 bridgehead atoms. The van der Waals surface area contributed by atoms with Gasteiger partial charge in [-0.05, 0) is 17.7 Å². The average Bonchev–Trinajstić information content (AvgIpc) is 2.33. The van der Waals surface area contributed by atoms with Crippen molar-refractivity contribution in [3.8, 4) is 0 Å². The van der Waals surface area contributed by atoms with E-state index in [1.54, 1.807) is 24.5 Å². The van der Waals surface area contributed by atoms with Gasteiger partial charge in [0.15, 0.2) is 0 Å². The maximum absolute atomic E-state index is 11.5. The maximum Gasteiger partial charge on any atom is 0.410 e. The zero-order valence-corrected chi connectivity index (χ0v) is 9.07. The van der Waals surface area contributed by atoms with Crippen LogP contribution in [-0.2, 0) is 16.1 Å². The van der Waals surface area contributed by atoms with Crippen LogP contribution in [0.4, 0.5) is 4.79 Å². The van der Waals surface area contributed by atoms with Crippen molar-refractivity contribution in [3.63, 3.8) is 0 Å². The second-order valence-corrected chi connectivity index (χ2v) is 3.85. The number of carbonyl (C=O) groups is 2. The lowest BCUT2D eigenvalue weighted by molar-refractivity contribution is -0.145. The summed E-state index contributed by atoms with van der Waals surface area (Å²) in [5.74, 6) is -1.60. The molecule has 1 N–H and O–H groups in total. The third kappa shape index (κ3) is 2.72. The van der Waals surface area contributed by atoms with E-state index in [1.165, 1.54) is 4.90 Å². The van der Waals surface area contributed by atoms with Crippen LogP contribution < -0.4 is 0 Å². The fraction of sp³-hybridized carbons (Fsp3) is 0.364. The summed E-state index contributed by atoms with van der Waals surface area (Å²) < 4.78 is 4.83. The third-order valence-electron chi connectivity index (χ3n) is 2.58. The summed E-state index contributed by atoms with van der Waals surface area (Å²) >= 11 is 0. The smallest absolute Gasteiger partial charge is 0.410 e. The minimum atomic E-state index is -0.947. The number of carboxylic acids is 1. The van der Waals surface area contributed by atoms with Crippen LogP contribution in [-0.4, -0.2) is 40.2 Å². The largest absolute Gasteiger partial charge is 0.481 e. The molecule has 1 aromatic heterocycles. The molecule has 1 fully saturated rings. The van der Waals surface area contributed by atoms with Gasteiger partial charge in [-0.3, -0.25) is 9.78 Å². The molecule has 1 aliphatic rings. The number of carbonyl (C=O) groups excluding carboxylic acids is 1. The predicted molar refractivity (Wildman–Crippen MR) is 57.1 cm³/mol. The molecule has 2 heterocycles. The van der Waals surface area contributed by atoms with E-state index in [4.69, 9.17) is 9.84 Å². The maximum atomic E-state index is 11.5. The van der Waals surface area contributed by atoms with E-state index in [2.05, 4.69) is 4.98 Å². The number of hydrogen-bond donors (Lipinski definition) is 1. The van der Waals surface area contributed by atoms with Crippen molar-refractivity contribution >= 4 is 12.1 Å². The average molecular weight is 236 g/mol. The molecule has 90 valence electrons. The Morgan fingerprint density at radius 1 is 1.53 bits per heavy atom. The van der Waals surface area contributed by atoms with Crippen molar-refractivity contribution in [1.29, 1.82) is 0 Å². The van der Waals surface area contributed by atoms with Crippen molar-refractivity contribution in [1.82, 2.24) is 9.88 Å². The molecule has 1 amide bonds. The molecule has 1 aliphatic heterocycles. The molecule has 1 atom stereocenters. The zero-order valence-electron chi connectivity index (χ0n) is 9.07. The Morgan fingerprint density at radius 3 is 2.88 bits per heavy atom. The van der Waals surface area contributed by atoms with Gasteiger partial charge in [-0.15, -0.1) is 0 Å². The van der Waals surface area contributed by atoms with Gasteiger partial charge in [-0.25, -0.2) is 4.79 Å². The molecule has 6 nitrogen and oxygen atoms in total. The molecule has 0 aliphatic carbocycles. The Morgan fingerprint density at radius 2 is 2.24 bits per heavy atom. The molecule has 1 unspecified atom stereocenters. The van der Waals surface area contributed by atoms with Crippen LogP contribution in [0.25, 0.3) is 0 Å². The molecular formula is C11H12N2O4. The number of ether oxygens (including phenoxy) is 1. The highest BCUT2D eigenvalue weighted by Crippen LogP contribution is 2.14. The van der Waals surface area contributed by atoms with Crippen LogP contribution >= 0.6 is 0 Å². The number of cyclic esters (lactones) is 1. The van der Waals surface area contributed by atoms with Crippen LogP contribution in [0.5, 0.6) is 0 Å². The Balaban J connectivity index is 2.04. The minimum absolute atomic E-state index is 0.0546. The van der Waals surface area contributed by atoms with E-state index >= 15 is 0 Å². The summed E-state index contributed by atoms with van der Waals surface area (Å²) in [6, 6.07) is 3.55. The zero-order chi connectivity index (χ0) is 12.3. The molecule has 2 rings (SSSR count). The molecule has 17 heavy (non-hydrogen) atoms. The van der Waals surface area contributed by atoms with Gasteiger partial charge in [0.05, 0.1) is 0 Å². The van der Waals surface area contributed by atoms with Crippen LogP contribution in [0.15, 0.2) is 24.5 Å². The highest BCUT2D eigenvalue weighted by molar-refractivity contribution is 5.75. The van der Waals surface area contributed by atoms with Crippen molar-refractivity contribution in [2.45, 2.75) is 6.54 Å². The van der Waals surface area contributed by atoms with Gasteiger partial charge in [-0.2, -0.15) is 0 Å². The summed E-state index contributed by atoms with van der Waals surface area (Å²) in [5.41, 5.74) is 0.892. The quantitative estimate of drug-likeness (QED) is 0.837. The Labute approximate surface area is 97.8 Å². The number of amides is 1. The topological polar surface area (TPSA) is 79.7 Å². The first-order chi connectivity index (χ1) is 8.16. The molecule has 0 radical (unpaired) electrons. The Kier molecular flexibility index (Phi) is 3.22. The minimum Gasteiger partial charge on any atom is -0.481 e. The highest BCUT2D eigenvalue weighted by Gasteiger charge is 2.31. The number of pyridine rings is 1. The molecular weight excluding hydrogens is 224 g/mol. The molecule has 0 aromatic carbocycles. The first-order valence-corrected chi connectivity index (χ1v) is 5.20. The number of rotatable bonds is 3. The van der Waals surface area contributed by atoms with E-state index < -0.39 is 18.0 Å². The second-order valence-electron chi connectivity index (χ2n) is 3.85. The van der Waals surface area contributed by atoms with Crippen LogP contribution in [0.3, 0.4) is 0 Å². The van der Waals surface area contributed by atoms with Gasteiger partial charge >= 0.3 is 12.1 Å². The van der Waals surface area contributed by atoms with E-state index in [0.717, 1.165) is 5.56 Å². The fourth-order valence-corrected chi connectivity index (χ4v) is 1.64. The first kappa shape index (κ1) is 11.4. The number of aromatic nitrogens is 1. The summed E-state index contributed by atoms with van der Waals surface area (Å²) in [6.45, 7) is 0.461. The fourth-order valence-electron chi connectivity index (χ4n) is 1.64. The summed E-state index contributed by atoms with van der Waals surface area (Å²) in [4.78, 5) is 27.6. The third-order valence-corrected chi connectivity index (χ3v) is 2.58. The standard InChI is InChI=1S/C11H12N2O4/c14-10(15)9-6-13(11(16)17-7-9)5-8-1-3-12-4-2-8/h1-4,9H,5-7H2,(H,14,15). The van der Waals surface area contributed by atoms with Crippen molar-refractivity contribution in [2.24, 2.45) is 5.92 Å². The van der Waals surface area contributed by atoms with Crippen molar-refractivity contribution < 1.29 is 19.4 Å². The molecule has 0 saturated carbocycles. The first-order valence-electron chi connectivity index (χ1n) is 5.20. The molecule has 0 spiro atoms. The van der Waals surface area contributed by atoms with E-state index in [-0.39, 0.29) is 13.2 Å². The summed E-state index contributed by atoms with van der Waals surface area (Å²) in [6.07, 6.45) is 2.78. The Hall–Kier alpha value is -2.11. The number of carboxylic acid groups (broad SMARTS) is 1. The monoisotopic (exact) mass is 236 g/mol. The van der Waals surface area contributed by atoms with Gasteiger partial charge in [0.25, 0.3) is 0 Å². The lowest BCUT2D eigenvalue weighted by atomic mass is 10.1. The van der Waals surface area contributed by atoms with Gasteiger partial charge < -0.3 is 14.7 Å². The lowest BCUT2D eigenvalue weighted by Gasteiger charge is -2.30. The van der Waals surface area contributed by atoms with Gasteiger partial charge in [-0.1, -0.05) is 0 Å². The molecule has 1 aromatic rings. The summed E-state index contributed by atoms with van der Waals surface area (Å²) in [5, 5.41) is 8.88. The number of nitrogens with zero attached hydrogens (tertiary/aromatic N) is 2. The van der Waals surface area contributed by atoms with Gasteiger partial charge in [0.1, 0.15) is 12.5 Å². The molecule has 6 heteroatoms. The van der Waals surface area contributed by atoms with E-state index in [9.17, 15) is 9.59 Å². The van der Waals surface area contributed by atoms with Crippen molar-refractivity contribution in [3.05, 3.63) is 30.1 Å². The number of aliphatic carboxylic acids is 1. The lowest BCUT2D eigenvalue weighted by Crippen LogP contribution is -2.45. The van der Waals surface area contributed by atoms with Crippen LogP contribution in [0.1, 0.15) is 5.56 Å². The van der Waals surface area contributed by atoms with E-state index in [1.807, 2.05) is 0 Å². The van der Waals surface area contributed by atoms with Crippen LogP contribution in [0, 0.1) is 5.92 Å². The van der Waals surface area contributed by atoms with Crippen LogP contribution in [0.2, 0.25) is 0 Å².